The van der Waals surface area contributed by atoms with Crippen molar-refractivity contribution in [3.63, 3.8) is 0 Å². The molecule has 1 aliphatic heterocycles. The Kier molecular flexibility index (Phi) is 6.10. The molecule has 2 aromatic heterocycles. The molecule has 0 radical (unpaired) electrons. The molecule has 5 rings (SSSR count). The summed E-state index contributed by atoms with van der Waals surface area (Å²) in [6.07, 6.45) is 3.83. The number of aromatic nitrogens is 2. The van der Waals surface area contributed by atoms with Gasteiger partial charge in [0.05, 0.1) is 17.8 Å². The number of nitrogens with zero attached hydrogens (tertiary/aromatic N) is 3. The van der Waals surface area contributed by atoms with E-state index in [0.717, 1.165) is 28.3 Å². The summed E-state index contributed by atoms with van der Waals surface area (Å²) in [5.74, 6) is -0.129. The summed E-state index contributed by atoms with van der Waals surface area (Å²) in [6.45, 7) is 2.21. The van der Waals surface area contributed by atoms with Crippen LogP contribution in [0.15, 0.2) is 97.3 Å². The van der Waals surface area contributed by atoms with Gasteiger partial charge in [-0.2, -0.15) is 0 Å². The number of hydrogen-bond acceptors (Lipinski definition) is 3. The summed E-state index contributed by atoms with van der Waals surface area (Å²) in [6, 6.07) is 27.3. The van der Waals surface area contributed by atoms with E-state index in [4.69, 9.17) is 12.2 Å². The molecule has 3 heterocycles. The monoisotopic (exact) mass is 467 g/mol. The molecule has 2 atom stereocenters. The Morgan fingerprint density at radius 1 is 1.00 bits per heavy atom. The average molecular weight is 468 g/mol. The molecule has 2 aromatic carbocycles. The summed E-state index contributed by atoms with van der Waals surface area (Å²) in [5.41, 5.74) is 4.92. The largest absolute Gasteiger partial charge is 0.352 e. The second kappa shape index (κ2) is 9.49. The molecule has 7 heteroatoms. The molecule has 1 aliphatic rings. The van der Waals surface area contributed by atoms with Gasteiger partial charge in [-0.15, -0.1) is 0 Å². The van der Waals surface area contributed by atoms with Crippen LogP contribution in [0.25, 0.3) is 5.69 Å². The minimum atomic E-state index is -0.224. The van der Waals surface area contributed by atoms with Gasteiger partial charge in [0.15, 0.2) is 5.11 Å². The van der Waals surface area contributed by atoms with Crippen molar-refractivity contribution in [2.75, 3.05) is 11.9 Å². The lowest BCUT2D eigenvalue weighted by Gasteiger charge is -2.28. The fourth-order valence-corrected chi connectivity index (χ4v) is 4.77. The molecule has 1 saturated heterocycles. The molecule has 6 nitrogen and oxygen atoms in total. The van der Waals surface area contributed by atoms with Crippen molar-refractivity contribution >= 4 is 28.9 Å². The predicted molar refractivity (Wildman–Crippen MR) is 138 cm³/mol. The van der Waals surface area contributed by atoms with Crippen LogP contribution in [0.2, 0.25) is 0 Å². The maximum atomic E-state index is 13.0. The number of thiocarbonyl (C=S) groups is 1. The summed E-state index contributed by atoms with van der Waals surface area (Å²) < 4.78 is 2.17. The second-order valence-corrected chi connectivity index (χ2v) is 8.64. The minimum absolute atomic E-state index is 0.119. The van der Waals surface area contributed by atoms with Crippen molar-refractivity contribution in [3.8, 4) is 5.69 Å². The van der Waals surface area contributed by atoms with Crippen molar-refractivity contribution in [2.45, 2.75) is 19.0 Å². The van der Waals surface area contributed by atoms with Gasteiger partial charge in [0, 0.05) is 29.5 Å². The molecule has 0 aliphatic carbocycles. The average Bonchev–Trinajstić information content (AvgIpc) is 3.45. The third-order valence-corrected chi connectivity index (χ3v) is 6.38. The number of amides is 1. The van der Waals surface area contributed by atoms with Crippen LogP contribution in [0.3, 0.4) is 0 Å². The molecule has 2 N–H and O–H groups in total. The van der Waals surface area contributed by atoms with Gasteiger partial charge in [-0.3, -0.25) is 9.78 Å². The van der Waals surface area contributed by atoms with Gasteiger partial charge in [-0.1, -0.05) is 42.5 Å². The van der Waals surface area contributed by atoms with Crippen molar-refractivity contribution in [1.29, 1.82) is 0 Å². The maximum absolute atomic E-state index is 13.0. The Bertz CT molecular complexity index is 1300. The Labute approximate surface area is 204 Å². The van der Waals surface area contributed by atoms with Crippen LogP contribution in [-0.4, -0.2) is 32.0 Å². The van der Waals surface area contributed by atoms with Crippen LogP contribution < -0.4 is 10.6 Å². The minimum Gasteiger partial charge on any atom is -0.352 e. The fraction of sp³-hybridized carbons (Fsp3) is 0.148. The lowest BCUT2D eigenvalue weighted by molar-refractivity contribution is -0.116. The van der Waals surface area contributed by atoms with Crippen molar-refractivity contribution in [3.05, 3.63) is 114 Å². The molecule has 1 fully saturated rings. The lowest BCUT2D eigenvalue weighted by Crippen LogP contribution is -2.37. The number of carbonyl (C=O) groups is 1. The van der Waals surface area contributed by atoms with E-state index in [1.807, 2.05) is 71.6 Å². The first-order valence-corrected chi connectivity index (χ1v) is 11.6. The third kappa shape index (κ3) is 4.30. The summed E-state index contributed by atoms with van der Waals surface area (Å²) in [5, 5.41) is 6.93. The lowest BCUT2D eigenvalue weighted by atomic mass is 10.0. The highest BCUT2D eigenvalue weighted by Crippen LogP contribution is 2.39. The quantitative estimate of drug-likeness (QED) is 0.399. The number of nitrogens with one attached hydrogen (secondary N) is 2. The van der Waals surface area contributed by atoms with Crippen LogP contribution >= 0.6 is 12.2 Å². The summed E-state index contributed by atoms with van der Waals surface area (Å²) in [4.78, 5) is 19.6. The van der Waals surface area contributed by atoms with E-state index in [-0.39, 0.29) is 24.5 Å². The van der Waals surface area contributed by atoms with Crippen LogP contribution in [0.1, 0.15) is 29.0 Å². The van der Waals surface area contributed by atoms with Gasteiger partial charge in [0.1, 0.15) is 6.54 Å². The first-order chi connectivity index (χ1) is 16.6. The number of rotatable bonds is 6. The predicted octanol–water partition coefficient (Wildman–Crippen LogP) is 4.79. The highest BCUT2D eigenvalue weighted by Gasteiger charge is 2.42. The number of aryl methyl sites for hydroxylation is 1. The Hall–Kier alpha value is -3.97. The first-order valence-electron chi connectivity index (χ1n) is 11.2. The zero-order chi connectivity index (χ0) is 23.5. The van der Waals surface area contributed by atoms with Crippen molar-refractivity contribution in [1.82, 2.24) is 19.8 Å². The fourth-order valence-electron chi connectivity index (χ4n) is 4.46. The SMILES string of the molecule is Cc1ccccc1-n1cccc1[C@H]1[C@@H](c2ccccn2)NC(=S)N1CC(=O)Nc1ccccc1. The first kappa shape index (κ1) is 21.9. The summed E-state index contributed by atoms with van der Waals surface area (Å²) in [7, 11) is 0. The number of anilines is 1. The van der Waals surface area contributed by atoms with Gasteiger partial charge in [0.25, 0.3) is 0 Å². The number of pyridine rings is 1. The van der Waals surface area contributed by atoms with Gasteiger partial charge in [0.2, 0.25) is 5.91 Å². The number of carbonyl (C=O) groups excluding carboxylic acids is 1. The third-order valence-electron chi connectivity index (χ3n) is 6.03. The standard InChI is InChI=1S/C27H25N5OS/c1-19-10-5-6-14-22(19)31-17-9-15-23(31)26-25(21-13-7-8-16-28-21)30-27(34)32(26)18-24(33)29-20-11-3-2-4-12-20/h2-17,25-26H,18H2,1H3,(H,29,33)(H,30,34)/t25-,26+/m1/s1. The number of hydrogen-bond donors (Lipinski definition) is 2. The van der Waals surface area contributed by atoms with E-state index in [2.05, 4.69) is 51.5 Å². The zero-order valence-electron chi connectivity index (χ0n) is 18.8. The van der Waals surface area contributed by atoms with E-state index < -0.39 is 0 Å². The van der Waals surface area contributed by atoms with Crippen LogP contribution in [0.4, 0.5) is 5.69 Å². The van der Waals surface area contributed by atoms with E-state index in [1.165, 1.54) is 0 Å². The van der Waals surface area contributed by atoms with Gasteiger partial charge in [-0.25, -0.2) is 0 Å². The molecule has 0 unspecified atom stereocenters. The maximum Gasteiger partial charge on any atom is 0.244 e. The highest BCUT2D eigenvalue weighted by molar-refractivity contribution is 7.80. The molecule has 0 bridgehead atoms. The van der Waals surface area contributed by atoms with Gasteiger partial charge >= 0.3 is 0 Å². The molecule has 4 aromatic rings. The van der Waals surface area contributed by atoms with Crippen molar-refractivity contribution in [2.24, 2.45) is 0 Å². The highest BCUT2D eigenvalue weighted by atomic mass is 32.1. The van der Waals surface area contributed by atoms with E-state index in [9.17, 15) is 4.79 Å². The van der Waals surface area contributed by atoms with E-state index >= 15 is 0 Å². The molecular formula is C27H25N5OS. The molecule has 34 heavy (non-hydrogen) atoms. The normalized spacial score (nSPS) is 17.4. The summed E-state index contributed by atoms with van der Waals surface area (Å²) >= 11 is 5.74. The molecular weight excluding hydrogens is 442 g/mol. The van der Waals surface area contributed by atoms with E-state index in [0.29, 0.717) is 5.11 Å². The Morgan fingerprint density at radius 2 is 1.76 bits per heavy atom. The topological polar surface area (TPSA) is 62.2 Å². The second-order valence-electron chi connectivity index (χ2n) is 8.26. The van der Waals surface area contributed by atoms with Crippen LogP contribution in [0.5, 0.6) is 0 Å². The molecule has 0 saturated carbocycles. The number of benzene rings is 2. The Balaban J connectivity index is 1.53. The molecule has 0 spiro atoms. The number of para-hydroxylation sites is 2. The molecule has 170 valence electrons. The smallest absolute Gasteiger partial charge is 0.244 e. The van der Waals surface area contributed by atoms with Gasteiger partial charge < -0.3 is 20.1 Å². The Morgan fingerprint density at radius 3 is 2.53 bits per heavy atom. The van der Waals surface area contributed by atoms with Crippen LogP contribution in [-0.2, 0) is 4.79 Å². The van der Waals surface area contributed by atoms with Crippen molar-refractivity contribution < 1.29 is 4.79 Å². The molecule has 1 amide bonds. The zero-order valence-corrected chi connectivity index (χ0v) is 19.6. The van der Waals surface area contributed by atoms with Gasteiger partial charge in [-0.05, 0) is 67.2 Å². The van der Waals surface area contributed by atoms with Crippen LogP contribution in [0, 0.1) is 6.92 Å². The van der Waals surface area contributed by atoms with E-state index in [1.54, 1.807) is 6.20 Å².